The number of anilines is 2. The van der Waals surface area contributed by atoms with Crippen molar-refractivity contribution in [3.05, 3.63) is 24.3 Å². The number of carbonyl (C=O) groups is 2. The van der Waals surface area contributed by atoms with Crippen molar-refractivity contribution in [1.29, 1.82) is 0 Å². The molecule has 29 heavy (non-hydrogen) atoms. The van der Waals surface area contributed by atoms with Crippen molar-refractivity contribution < 1.29 is 19.1 Å². The maximum absolute atomic E-state index is 13.0. The number of nitrogens with zero attached hydrogens (tertiary/aromatic N) is 2. The van der Waals surface area contributed by atoms with E-state index in [-0.39, 0.29) is 24.1 Å². The molecule has 3 fully saturated rings. The molecule has 0 spiro atoms. The van der Waals surface area contributed by atoms with E-state index in [1.54, 1.807) is 0 Å². The number of piperazine rings is 1. The Kier molecular flexibility index (Phi) is 6.51. The first-order chi connectivity index (χ1) is 14.2. The standard InChI is InChI=1S/C21H30N4O4/c26-20-15-24(10-9-22-20)17-7-5-16(6-8-17)23-21(27)25(13-18-3-1-11-28-18)14-19-4-2-12-29-19/h5-8,18-19H,1-4,9-15H2,(H,22,26)(H,23,27)/t18-,19+. The zero-order chi connectivity index (χ0) is 20.1. The number of benzene rings is 1. The Morgan fingerprint density at radius 2 is 1.76 bits per heavy atom. The molecule has 8 heteroatoms. The Hall–Kier alpha value is -2.32. The van der Waals surface area contributed by atoms with Gasteiger partial charge in [-0.3, -0.25) is 4.79 Å². The van der Waals surface area contributed by atoms with Crippen LogP contribution in [0, 0.1) is 0 Å². The highest BCUT2D eigenvalue weighted by molar-refractivity contribution is 5.89. The monoisotopic (exact) mass is 402 g/mol. The molecule has 3 saturated heterocycles. The first kappa shape index (κ1) is 20.0. The van der Waals surface area contributed by atoms with E-state index in [0.717, 1.165) is 56.8 Å². The summed E-state index contributed by atoms with van der Waals surface area (Å²) in [5.41, 5.74) is 1.72. The fourth-order valence-corrected chi connectivity index (χ4v) is 4.13. The summed E-state index contributed by atoms with van der Waals surface area (Å²) < 4.78 is 11.5. The molecule has 3 aliphatic heterocycles. The number of nitrogens with one attached hydrogen (secondary N) is 2. The predicted octanol–water partition coefficient (Wildman–Crippen LogP) is 1.81. The highest BCUT2D eigenvalue weighted by Crippen LogP contribution is 2.21. The van der Waals surface area contributed by atoms with Gasteiger partial charge in [0, 0.05) is 50.8 Å². The zero-order valence-corrected chi connectivity index (χ0v) is 16.8. The van der Waals surface area contributed by atoms with Crippen molar-refractivity contribution in [2.45, 2.75) is 37.9 Å². The van der Waals surface area contributed by atoms with E-state index >= 15 is 0 Å². The summed E-state index contributed by atoms with van der Waals surface area (Å²) in [7, 11) is 0. The van der Waals surface area contributed by atoms with E-state index in [9.17, 15) is 9.59 Å². The highest BCUT2D eigenvalue weighted by Gasteiger charge is 2.27. The van der Waals surface area contributed by atoms with E-state index in [4.69, 9.17) is 9.47 Å². The van der Waals surface area contributed by atoms with Crippen molar-refractivity contribution in [3.8, 4) is 0 Å². The quantitative estimate of drug-likeness (QED) is 0.758. The van der Waals surface area contributed by atoms with Crippen molar-refractivity contribution in [2.24, 2.45) is 0 Å². The maximum Gasteiger partial charge on any atom is 0.322 e. The second-order valence-electron chi connectivity index (χ2n) is 7.92. The van der Waals surface area contributed by atoms with Crippen LogP contribution in [0.3, 0.4) is 0 Å². The van der Waals surface area contributed by atoms with Crippen LogP contribution in [0.15, 0.2) is 24.3 Å². The van der Waals surface area contributed by atoms with E-state index < -0.39 is 0 Å². The number of amides is 3. The van der Waals surface area contributed by atoms with Gasteiger partial charge in [0.25, 0.3) is 0 Å². The van der Waals surface area contributed by atoms with Crippen LogP contribution in [-0.4, -0.2) is 75.0 Å². The van der Waals surface area contributed by atoms with Gasteiger partial charge in [-0.25, -0.2) is 4.79 Å². The van der Waals surface area contributed by atoms with Crippen molar-refractivity contribution in [2.75, 3.05) is 56.2 Å². The normalized spacial score (nSPS) is 24.4. The number of carbonyl (C=O) groups excluding carboxylic acids is 2. The number of rotatable bonds is 6. The molecule has 8 nitrogen and oxygen atoms in total. The first-order valence-electron chi connectivity index (χ1n) is 10.6. The minimum Gasteiger partial charge on any atom is -0.376 e. The molecule has 0 aliphatic carbocycles. The van der Waals surface area contributed by atoms with Gasteiger partial charge in [-0.15, -0.1) is 0 Å². The SMILES string of the molecule is O=C1CN(c2ccc(NC(=O)N(C[C@H]3CCCO3)C[C@@H]3CCCO3)cc2)CCN1. The summed E-state index contributed by atoms with van der Waals surface area (Å²) in [6.07, 6.45) is 4.30. The molecular formula is C21H30N4O4. The molecule has 4 rings (SSSR count). The van der Waals surface area contributed by atoms with Crippen LogP contribution in [0.25, 0.3) is 0 Å². The van der Waals surface area contributed by atoms with Crippen LogP contribution in [0.1, 0.15) is 25.7 Å². The Balaban J connectivity index is 1.37. The van der Waals surface area contributed by atoms with Crippen LogP contribution in [0.2, 0.25) is 0 Å². The molecule has 0 aromatic heterocycles. The van der Waals surface area contributed by atoms with Crippen LogP contribution in [0.5, 0.6) is 0 Å². The van der Waals surface area contributed by atoms with Gasteiger partial charge >= 0.3 is 6.03 Å². The first-order valence-corrected chi connectivity index (χ1v) is 10.6. The summed E-state index contributed by atoms with van der Waals surface area (Å²) in [5, 5.41) is 5.83. The van der Waals surface area contributed by atoms with Crippen molar-refractivity contribution in [1.82, 2.24) is 10.2 Å². The number of ether oxygens (including phenoxy) is 2. The maximum atomic E-state index is 13.0. The molecule has 0 bridgehead atoms. The average molecular weight is 402 g/mol. The fraction of sp³-hybridized carbons (Fsp3) is 0.619. The molecular weight excluding hydrogens is 372 g/mol. The van der Waals surface area contributed by atoms with Gasteiger partial charge in [-0.1, -0.05) is 0 Å². The summed E-state index contributed by atoms with van der Waals surface area (Å²) >= 11 is 0. The third kappa shape index (κ3) is 5.39. The number of urea groups is 1. The Labute approximate surface area is 171 Å². The van der Waals surface area contributed by atoms with Gasteiger partial charge in [0.05, 0.1) is 18.8 Å². The van der Waals surface area contributed by atoms with Gasteiger partial charge in [-0.2, -0.15) is 0 Å². The van der Waals surface area contributed by atoms with E-state index in [1.165, 1.54) is 0 Å². The van der Waals surface area contributed by atoms with Gasteiger partial charge in [0.15, 0.2) is 0 Å². The Morgan fingerprint density at radius 1 is 1.10 bits per heavy atom. The molecule has 0 radical (unpaired) electrons. The van der Waals surface area contributed by atoms with E-state index in [1.807, 2.05) is 34.1 Å². The van der Waals surface area contributed by atoms with Gasteiger partial charge in [0.2, 0.25) is 5.91 Å². The minimum atomic E-state index is -0.124. The number of hydrogen-bond donors (Lipinski definition) is 2. The van der Waals surface area contributed by atoms with Crippen LogP contribution >= 0.6 is 0 Å². The predicted molar refractivity (Wildman–Crippen MR) is 110 cm³/mol. The second kappa shape index (κ2) is 9.45. The van der Waals surface area contributed by atoms with E-state index in [0.29, 0.717) is 26.2 Å². The molecule has 3 amide bonds. The lowest BCUT2D eigenvalue weighted by molar-refractivity contribution is -0.120. The van der Waals surface area contributed by atoms with Crippen LogP contribution in [0.4, 0.5) is 16.2 Å². The van der Waals surface area contributed by atoms with Gasteiger partial charge in [-0.05, 0) is 49.9 Å². The lowest BCUT2D eigenvalue weighted by Gasteiger charge is -2.29. The lowest BCUT2D eigenvalue weighted by Crippen LogP contribution is -2.47. The van der Waals surface area contributed by atoms with Gasteiger partial charge in [0.1, 0.15) is 0 Å². The molecule has 0 saturated carbocycles. The molecule has 1 aromatic carbocycles. The number of hydrogen-bond acceptors (Lipinski definition) is 5. The van der Waals surface area contributed by atoms with Crippen LogP contribution in [-0.2, 0) is 14.3 Å². The van der Waals surface area contributed by atoms with Crippen molar-refractivity contribution >= 4 is 23.3 Å². The summed E-state index contributed by atoms with van der Waals surface area (Å²) in [5.74, 6) is 0.0348. The fourth-order valence-electron chi connectivity index (χ4n) is 4.13. The highest BCUT2D eigenvalue weighted by atomic mass is 16.5. The molecule has 3 heterocycles. The molecule has 158 valence electrons. The van der Waals surface area contributed by atoms with Crippen molar-refractivity contribution in [3.63, 3.8) is 0 Å². The topological polar surface area (TPSA) is 83.1 Å². The second-order valence-corrected chi connectivity index (χ2v) is 7.92. The Bertz CT molecular complexity index is 681. The summed E-state index contributed by atoms with van der Waals surface area (Å²) in [4.78, 5) is 28.4. The van der Waals surface area contributed by atoms with Gasteiger partial charge < -0.3 is 29.9 Å². The third-order valence-corrected chi connectivity index (χ3v) is 5.71. The smallest absolute Gasteiger partial charge is 0.322 e. The average Bonchev–Trinajstić information content (AvgIpc) is 3.42. The molecule has 2 N–H and O–H groups in total. The lowest BCUT2D eigenvalue weighted by atomic mass is 10.2. The van der Waals surface area contributed by atoms with Crippen LogP contribution < -0.4 is 15.5 Å². The molecule has 2 atom stereocenters. The summed E-state index contributed by atoms with van der Waals surface area (Å²) in [6.45, 7) is 4.53. The zero-order valence-electron chi connectivity index (χ0n) is 16.8. The third-order valence-electron chi connectivity index (χ3n) is 5.71. The minimum absolute atomic E-state index is 0.0348. The summed E-state index contributed by atoms with van der Waals surface area (Å²) in [6, 6.07) is 7.53. The molecule has 1 aromatic rings. The van der Waals surface area contributed by atoms with E-state index in [2.05, 4.69) is 10.6 Å². The molecule has 0 unspecified atom stereocenters. The molecule has 3 aliphatic rings. The largest absolute Gasteiger partial charge is 0.376 e. The Morgan fingerprint density at radius 3 is 2.31 bits per heavy atom.